The van der Waals surface area contributed by atoms with Crippen LogP contribution >= 0.6 is 0 Å². The Bertz CT molecular complexity index is 389. The van der Waals surface area contributed by atoms with Crippen molar-refractivity contribution < 1.29 is 5.11 Å². The minimum absolute atomic E-state index is 0.104. The summed E-state index contributed by atoms with van der Waals surface area (Å²) >= 11 is 0. The molecule has 1 aromatic rings. The summed E-state index contributed by atoms with van der Waals surface area (Å²) in [5.41, 5.74) is 1.99. The lowest BCUT2D eigenvalue weighted by atomic mass is 9.81. The average molecular weight is 218 g/mol. The summed E-state index contributed by atoms with van der Waals surface area (Å²) in [6.07, 6.45) is 1.99. The number of benzene rings is 1. The molecule has 1 heteroatoms. The van der Waals surface area contributed by atoms with Crippen LogP contribution in [0.15, 0.2) is 24.3 Å². The first-order valence-corrected chi connectivity index (χ1v) is 6.22. The Morgan fingerprint density at radius 2 is 1.94 bits per heavy atom. The van der Waals surface area contributed by atoms with Crippen molar-refractivity contribution >= 4 is 0 Å². The Morgan fingerprint density at radius 3 is 2.44 bits per heavy atom. The predicted molar refractivity (Wildman–Crippen MR) is 67.4 cm³/mol. The van der Waals surface area contributed by atoms with Gasteiger partial charge >= 0.3 is 0 Å². The summed E-state index contributed by atoms with van der Waals surface area (Å²) in [5.74, 6) is 0.455. The molecule has 1 aliphatic rings. The zero-order chi connectivity index (χ0) is 12.0. The molecule has 1 nitrogen and oxygen atoms in total. The van der Waals surface area contributed by atoms with E-state index in [1.54, 1.807) is 0 Å². The molecule has 16 heavy (non-hydrogen) atoms. The van der Waals surface area contributed by atoms with Crippen LogP contribution in [0.5, 0.6) is 0 Å². The second kappa shape index (κ2) is 3.59. The van der Waals surface area contributed by atoms with Crippen molar-refractivity contribution in [1.29, 1.82) is 0 Å². The van der Waals surface area contributed by atoms with Gasteiger partial charge in [-0.3, -0.25) is 0 Å². The number of aliphatic hydroxyl groups is 1. The van der Waals surface area contributed by atoms with E-state index in [2.05, 4.69) is 45.9 Å². The highest BCUT2D eigenvalue weighted by Gasteiger charge is 2.54. The van der Waals surface area contributed by atoms with Crippen molar-refractivity contribution in [3.8, 4) is 0 Å². The molecule has 1 aromatic carbocycles. The SMILES string of the molecule is CCC1CC1(O)c1ccccc1C(C)(C)C. The van der Waals surface area contributed by atoms with E-state index in [-0.39, 0.29) is 5.41 Å². The molecule has 0 amide bonds. The number of rotatable bonds is 2. The van der Waals surface area contributed by atoms with Crippen molar-refractivity contribution in [1.82, 2.24) is 0 Å². The van der Waals surface area contributed by atoms with Gasteiger partial charge in [0.25, 0.3) is 0 Å². The number of hydrogen-bond donors (Lipinski definition) is 1. The van der Waals surface area contributed by atoms with Crippen LogP contribution in [0.1, 0.15) is 51.7 Å². The quantitative estimate of drug-likeness (QED) is 0.804. The van der Waals surface area contributed by atoms with Gasteiger partial charge in [0.15, 0.2) is 0 Å². The average Bonchev–Trinajstić information content (AvgIpc) is 2.90. The first-order chi connectivity index (χ1) is 7.39. The molecule has 0 heterocycles. The Hall–Kier alpha value is -0.820. The standard InChI is InChI=1S/C15H22O/c1-5-11-10-15(11,16)13-9-7-6-8-12(13)14(2,3)4/h6-9,11,16H,5,10H2,1-4H3. The molecular formula is C15H22O. The van der Waals surface area contributed by atoms with E-state index < -0.39 is 5.60 Å². The molecule has 88 valence electrons. The van der Waals surface area contributed by atoms with Gasteiger partial charge in [-0.05, 0) is 28.9 Å². The fourth-order valence-electron chi connectivity index (χ4n) is 2.64. The van der Waals surface area contributed by atoms with Crippen LogP contribution in [0, 0.1) is 5.92 Å². The van der Waals surface area contributed by atoms with Gasteiger partial charge in [0.05, 0.1) is 5.60 Å². The lowest BCUT2D eigenvalue weighted by Gasteiger charge is -2.25. The minimum atomic E-state index is -0.543. The molecule has 0 aliphatic heterocycles. The molecule has 2 atom stereocenters. The smallest absolute Gasteiger partial charge is 0.0932 e. The van der Waals surface area contributed by atoms with Crippen LogP contribution < -0.4 is 0 Å². The van der Waals surface area contributed by atoms with Crippen LogP contribution in [0.4, 0.5) is 0 Å². The predicted octanol–water partition coefficient (Wildman–Crippen LogP) is 3.60. The van der Waals surface area contributed by atoms with Gasteiger partial charge in [-0.1, -0.05) is 58.4 Å². The Kier molecular flexibility index (Phi) is 2.62. The molecular weight excluding hydrogens is 196 g/mol. The van der Waals surface area contributed by atoms with Gasteiger partial charge < -0.3 is 5.11 Å². The van der Waals surface area contributed by atoms with Crippen molar-refractivity contribution in [2.75, 3.05) is 0 Å². The van der Waals surface area contributed by atoms with Crippen molar-refractivity contribution in [2.24, 2.45) is 5.92 Å². The van der Waals surface area contributed by atoms with E-state index in [1.165, 1.54) is 5.56 Å². The fourth-order valence-corrected chi connectivity index (χ4v) is 2.64. The van der Waals surface area contributed by atoms with Crippen molar-refractivity contribution in [2.45, 2.75) is 51.6 Å². The van der Waals surface area contributed by atoms with E-state index >= 15 is 0 Å². The zero-order valence-electron chi connectivity index (χ0n) is 10.7. The van der Waals surface area contributed by atoms with Gasteiger partial charge in [0.2, 0.25) is 0 Å². The molecule has 0 spiro atoms. The van der Waals surface area contributed by atoms with Crippen molar-refractivity contribution in [3.05, 3.63) is 35.4 Å². The molecule has 0 aromatic heterocycles. The maximum atomic E-state index is 10.6. The molecule has 0 bridgehead atoms. The summed E-state index contributed by atoms with van der Waals surface area (Å²) < 4.78 is 0. The van der Waals surface area contributed by atoms with E-state index in [0.29, 0.717) is 5.92 Å². The van der Waals surface area contributed by atoms with Crippen LogP contribution in [0.25, 0.3) is 0 Å². The van der Waals surface area contributed by atoms with Crippen LogP contribution in [-0.2, 0) is 11.0 Å². The number of hydrogen-bond acceptors (Lipinski definition) is 1. The maximum Gasteiger partial charge on any atom is 0.0932 e. The third-order valence-corrected chi connectivity index (χ3v) is 3.77. The Morgan fingerprint density at radius 1 is 1.31 bits per heavy atom. The normalized spacial score (nSPS) is 29.2. The molecule has 0 saturated heterocycles. The highest BCUT2D eigenvalue weighted by atomic mass is 16.3. The topological polar surface area (TPSA) is 20.2 Å². The van der Waals surface area contributed by atoms with E-state index in [4.69, 9.17) is 0 Å². The van der Waals surface area contributed by atoms with Crippen molar-refractivity contribution in [3.63, 3.8) is 0 Å². The monoisotopic (exact) mass is 218 g/mol. The lowest BCUT2D eigenvalue weighted by Crippen LogP contribution is -2.20. The molecule has 1 aliphatic carbocycles. The third-order valence-electron chi connectivity index (χ3n) is 3.77. The first-order valence-electron chi connectivity index (χ1n) is 6.22. The minimum Gasteiger partial charge on any atom is -0.385 e. The van der Waals surface area contributed by atoms with Crippen LogP contribution in [0.3, 0.4) is 0 Å². The van der Waals surface area contributed by atoms with E-state index in [0.717, 1.165) is 18.4 Å². The summed E-state index contributed by atoms with van der Waals surface area (Å²) in [6, 6.07) is 8.35. The van der Waals surface area contributed by atoms with Gasteiger partial charge in [-0.25, -0.2) is 0 Å². The Labute approximate surface area is 98.5 Å². The first kappa shape index (κ1) is 11.7. The zero-order valence-corrected chi connectivity index (χ0v) is 10.7. The van der Waals surface area contributed by atoms with Gasteiger partial charge in [-0.15, -0.1) is 0 Å². The summed E-state index contributed by atoms with van der Waals surface area (Å²) in [7, 11) is 0. The van der Waals surface area contributed by atoms with Gasteiger partial charge in [0, 0.05) is 0 Å². The second-order valence-corrected chi connectivity index (χ2v) is 6.03. The van der Waals surface area contributed by atoms with Crippen LogP contribution in [0.2, 0.25) is 0 Å². The van der Waals surface area contributed by atoms with E-state index in [9.17, 15) is 5.11 Å². The maximum absolute atomic E-state index is 10.6. The third kappa shape index (κ3) is 1.78. The lowest BCUT2D eigenvalue weighted by molar-refractivity contribution is 0.128. The molecule has 1 fully saturated rings. The van der Waals surface area contributed by atoms with E-state index in [1.807, 2.05) is 6.07 Å². The van der Waals surface area contributed by atoms with Crippen LogP contribution in [-0.4, -0.2) is 5.11 Å². The highest BCUT2D eigenvalue weighted by molar-refractivity contribution is 5.41. The summed E-state index contributed by atoms with van der Waals surface area (Å²) in [6.45, 7) is 8.78. The summed E-state index contributed by atoms with van der Waals surface area (Å²) in [5, 5.41) is 10.6. The molecule has 2 unspecified atom stereocenters. The summed E-state index contributed by atoms with van der Waals surface area (Å²) in [4.78, 5) is 0. The molecule has 1 N–H and O–H groups in total. The fraction of sp³-hybridized carbons (Fsp3) is 0.600. The Balaban J connectivity index is 2.43. The van der Waals surface area contributed by atoms with Gasteiger partial charge in [0.1, 0.15) is 0 Å². The van der Waals surface area contributed by atoms with Gasteiger partial charge in [-0.2, -0.15) is 0 Å². The second-order valence-electron chi connectivity index (χ2n) is 6.03. The molecule has 1 saturated carbocycles. The largest absolute Gasteiger partial charge is 0.385 e. The molecule has 2 rings (SSSR count). The highest BCUT2D eigenvalue weighted by Crippen LogP contribution is 2.55. The molecule has 0 radical (unpaired) electrons.